The van der Waals surface area contributed by atoms with Crippen LogP contribution in [0.15, 0.2) is 36.7 Å². The fourth-order valence-corrected chi connectivity index (χ4v) is 4.75. The molecule has 0 aliphatic heterocycles. The molecule has 4 atom stereocenters. The molecule has 0 saturated heterocycles. The van der Waals surface area contributed by atoms with Crippen molar-refractivity contribution in [1.82, 2.24) is 15.3 Å². The fourth-order valence-electron chi connectivity index (χ4n) is 4.75. The second-order valence-electron chi connectivity index (χ2n) is 7.33. The molecule has 132 valence electrons. The van der Waals surface area contributed by atoms with Gasteiger partial charge in [0, 0.05) is 42.9 Å². The third-order valence-corrected chi connectivity index (χ3v) is 6.05. The van der Waals surface area contributed by atoms with E-state index in [0.717, 1.165) is 36.4 Å². The number of aromatic nitrogens is 2. The highest BCUT2D eigenvalue weighted by Crippen LogP contribution is 2.56. The summed E-state index contributed by atoms with van der Waals surface area (Å²) in [4.78, 5) is 8.83. The summed E-state index contributed by atoms with van der Waals surface area (Å²) in [7, 11) is 1.72. The number of fused-ring (bicyclic) bond motifs is 1. The van der Waals surface area contributed by atoms with Gasteiger partial charge >= 0.3 is 0 Å². The van der Waals surface area contributed by atoms with E-state index in [9.17, 15) is 0 Å². The van der Waals surface area contributed by atoms with E-state index in [1.807, 2.05) is 12.4 Å². The van der Waals surface area contributed by atoms with Gasteiger partial charge in [-0.05, 0) is 42.4 Å². The third kappa shape index (κ3) is 3.15. The van der Waals surface area contributed by atoms with E-state index in [0.29, 0.717) is 12.0 Å². The number of benzene rings is 1. The van der Waals surface area contributed by atoms with E-state index in [4.69, 9.17) is 4.74 Å². The van der Waals surface area contributed by atoms with Gasteiger partial charge in [0.15, 0.2) is 0 Å². The first-order chi connectivity index (χ1) is 12.3. The molecule has 2 fully saturated rings. The van der Waals surface area contributed by atoms with Gasteiger partial charge in [0.25, 0.3) is 0 Å². The van der Waals surface area contributed by atoms with E-state index in [-0.39, 0.29) is 0 Å². The molecule has 2 aliphatic carbocycles. The van der Waals surface area contributed by atoms with Gasteiger partial charge in [0.1, 0.15) is 11.6 Å². The number of hydrogen-bond acceptors (Lipinski definition) is 4. The second kappa shape index (κ2) is 7.12. The summed E-state index contributed by atoms with van der Waals surface area (Å²) in [5.74, 6) is 4.13. The number of aryl methyl sites for hydroxylation is 1. The lowest BCUT2D eigenvalue weighted by Gasteiger charge is -2.50. The van der Waals surface area contributed by atoms with Gasteiger partial charge in [-0.1, -0.05) is 25.5 Å². The van der Waals surface area contributed by atoms with Crippen LogP contribution < -0.4 is 10.1 Å². The number of hydrogen-bond donors (Lipinski definition) is 1. The molecular formula is C21H27N3O. The van der Waals surface area contributed by atoms with Gasteiger partial charge in [0.2, 0.25) is 0 Å². The molecule has 2 saturated carbocycles. The zero-order chi connectivity index (χ0) is 17.2. The van der Waals surface area contributed by atoms with E-state index in [2.05, 4.69) is 46.5 Å². The Kier molecular flexibility index (Phi) is 4.71. The largest absolute Gasteiger partial charge is 0.497 e. The topological polar surface area (TPSA) is 47.0 Å². The SMILES string of the molecule is CCc1ncc(CN[C@@H]2[C@H]3CCC[C@@H]3[C@H]2c2ccc(OC)cc2)cn1. The monoisotopic (exact) mass is 337 g/mol. The average molecular weight is 337 g/mol. The van der Waals surface area contributed by atoms with Crippen molar-refractivity contribution in [1.29, 1.82) is 0 Å². The molecule has 0 radical (unpaired) electrons. The highest BCUT2D eigenvalue weighted by Gasteiger charge is 2.52. The summed E-state index contributed by atoms with van der Waals surface area (Å²) < 4.78 is 5.31. The minimum atomic E-state index is 0.562. The lowest BCUT2D eigenvalue weighted by molar-refractivity contribution is 0.0940. The van der Waals surface area contributed by atoms with E-state index in [1.165, 1.54) is 30.4 Å². The summed E-state index contributed by atoms with van der Waals surface area (Å²) in [5.41, 5.74) is 2.62. The Bertz CT molecular complexity index is 698. The maximum Gasteiger partial charge on any atom is 0.127 e. The van der Waals surface area contributed by atoms with Crippen LogP contribution in [0.25, 0.3) is 0 Å². The van der Waals surface area contributed by atoms with Crippen LogP contribution in [-0.4, -0.2) is 23.1 Å². The molecule has 25 heavy (non-hydrogen) atoms. The Labute approximate surface area is 150 Å². The lowest BCUT2D eigenvalue weighted by atomic mass is 9.60. The second-order valence-corrected chi connectivity index (χ2v) is 7.33. The van der Waals surface area contributed by atoms with Crippen LogP contribution >= 0.6 is 0 Å². The number of ether oxygens (including phenoxy) is 1. The van der Waals surface area contributed by atoms with Gasteiger partial charge < -0.3 is 10.1 Å². The van der Waals surface area contributed by atoms with Crippen LogP contribution in [0.1, 0.15) is 49.1 Å². The third-order valence-electron chi connectivity index (χ3n) is 6.05. The van der Waals surface area contributed by atoms with Crippen LogP contribution in [0.4, 0.5) is 0 Å². The highest BCUT2D eigenvalue weighted by atomic mass is 16.5. The molecule has 1 heterocycles. The number of methoxy groups -OCH3 is 1. The zero-order valence-corrected chi connectivity index (χ0v) is 15.1. The fraction of sp³-hybridized carbons (Fsp3) is 0.524. The van der Waals surface area contributed by atoms with Crippen molar-refractivity contribution < 1.29 is 4.74 Å². The summed E-state index contributed by atoms with van der Waals surface area (Å²) in [5, 5.41) is 3.81. The van der Waals surface area contributed by atoms with Crippen LogP contribution in [0.3, 0.4) is 0 Å². The normalized spacial score (nSPS) is 27.6. The Hall–Kier alpha value is -1.94. The molecule has 4 nitrogen and oxygen atoms in total. The predicted octanol–water partition coefficient (Wildman–Crippen LogP) is 3.72. The van der Waals surface area contributed by atoms with Crippen molar-refractivity contribution in [3.63, 3.8) is 0 Å². The van der Waals surface area contributed by atoms with Crippen molar-refractivity contribution in [2.45, 2.75) is 51.1 Å². The molecule has 0 spiro atoms. The standard InChI is InChI=1S/C21H27N3O/c1-3-19-22-11-14(12-23-19)13-24-21-18-6-4-5-17(18)20(21)15-7-9-16(25-2)10-8-15/h7-12,17-18,20-21,24H,3-6,13H2,1-2H3/t17-,18-,20+,21+/m0/s1. The first kappa shape index (κ1) is 16.5. The van der Waals surface area contributed by atoms with Gasteiger partial charge in [-0.25, -0.2) is 9.97 Å². The minimum Gasteiger partial charge on any atom is -0.497 e. The van der Waals surface area contributed by atoms with E-state index >= 15 is 0 Å². The van der Waals surface area contributed by atoms with Gasteiger partial charge in [-0.3, -0.25) is 0 Å². The summed E-state index contributed by atoms with van der Waals surface area (Å²) in [6.45, 7) is 2.94. The summed E-state index contributed by atoms with van der Waals surface area (Å²) in [6, 6.07) is 9.22. The molecule has 2 aromatic rings. The predicted molar refractivity (Wildman–Crippen MR) is 98.6 cm³/mol. The van der Waals surface area contributed by atoms with Crippen LogP contribution in [0.5, 0.6) is 5.75 Å². The van der Waals surface area contributed by atoms with Crippen molar-refractivity contribution in [2.75, 3.05) is 7.11 Å². The molecule has 0 bridgehead atoms. The quantitative estimate of drug-likeness (QED) is 0.873. The summed E-state index contributed by atoms with van der Waals surface area (Å²) >= 11 is 0. The molecule has 1 aromatic heterocycles. The molecule has 1 aromatic carbocycles. The maximum atomic E-state index is 5.31. The van der Waals surface area contributed by atoms with Crippen molar-refractivity contribution in [3.8, 4) is 5.75 Å². The van der Waals surface area contributed by atoms with Gasteiger partial charge in [0.05, 0.1) is 7.11 Å². The maximum absolute atomic E-state index is 5.31. The Morgan fingerprint density at radius 3 is 2.48 bits per heavy atom. The Morgan fingerprint density at radius 2 is 1.80 bits per heavy atom. The average Bonchev–Trinajstić information content (AvgIpc) is 3.07. The number of rotatable bonds is 6. The molecule has 2 aliphatic rings. The summed E-state index contributed by atoms with van der Waals surface area (Å²) in [6.07, 6.45) is 8.92. The van der Waals surface area contributed by atoms with Crippen LogP contribution in [0, 0.1) is 11.8 Å². The first-order valence-electron chi connectivity index (χ1n) is 9.47. The van der Waals surface area contributed by atoms with Crippen molar-refractivity contribution in [3.05, 3.63) is 53.6 Å². The first-order valence-corrected chi connectivity index (χ1v) is 9.47. The van der Waals surface area contributed by atoms with Crippen molar-refractivity contribution in [2.24, 2.45) is 11.8 Å². The van der Waals surface area contributed by atoms with Crippen LogP contribution in [-0.2, 0) is 13.0 Å². The van der Waals surface area contributed by atoms with Gasteiger partial charge in [-0.2, -0.15) is 0 Å². The lowest BCUT2D eigenvalue weighted by Crippen LogP contribution is -2.54. The van der Waals surface area contributed by atoms with E-state index < -0.39 is 0 Å². The number of nitrogens with zero attached hydrogens (tertiary/aromatic N) is 2. The molecule has 4 rings (SSSR count). The Balaban J connectivity index is 1.46. The molecule has 0 unspecified atom stereocenters. The Morgan fingerprint density at radius 1 is 1.08 bits per heavy atom. The minimum absolute atomic E-state index is 0.562. The smallest absolute Gasteiger partial charge is 0.127 e. The van der Waals surface area contributed by atoms with E-state index in [1.54, 1.807) is 7.11 Å². The van der Waals surface area contributed by atoms with Crippen molar-refractivity contribution >= 4 is 0 Å². The molecular weight excluding hydrogens is 310 g/mol. The number of nitrogens with one attached hydrogen (secondary N) is 1. The molecule has 4 heteroatoms. The molecule has 1 N–H and O–H groups in total. The molecule has 0 amide bonds. The van der Waals surface area contributed by atoms with Crippen LogP contribution in [0.2, 0.25) is 0 Å². The van der Waals surface area contributed by atoms with Gasteiger partial charge in [-0.15, -0.1) is 0 Å². The zero-order valence-electron chi connectivity index (χ0n) is 15.1. The highest BCUT2D eigenvalue weighted by molar-refractivity contribution is 5.34.